The topological polar surface area (TPSA) is 57.6 Å². The fourth-order valence-corrected chi connectivity index (χ4v) is 2.38. The van der Waals surface area contributed by atoms with Gasteiger partial charge < -0.3 is 10.0 Å². The summed E-state index contributed by atoms with van der Waals surface area (Å²) in [5, 5.41) is 9.62. The van der Waals surface area contributed by atoms with Gasteiger partial charge in [-0.15, -0.1) is 0 Å². The molecule has 104 valence electrons. The highest BCUT2D eigenvalue weighted by atomic mass is 16.4. The van der Waals surface area contributed by atoms with Crippen molar-refractivity contribution >= 4 is 12.4 Å². The van der Waals surface area contributed by atoms with E-state index in [2.05, 4.69) is 0 Å². The van der Waals surface area contributed by atoms with Crippen molar-refractivity contribution in [1.82, 2.24) is 4.90 Å². The summed E-state index contributed by atoms with van der Waals surface area (Å²) in [6, 6.07) is 5.42. The Hall–Kier alpha value is -1.84. The van der Waals surface area contributed by atoms with Gasteiger partial charge in [-0.3, -0.25) is 4.79 Å². The van der Waals surface area contributed by atoms with Gasteiger partial charge in [0.15, 0.2) is 5.54 Å². The minimum absolute atomic E-state index is 0.195. The predicted octanol–water partition coefficient (Wildman–Crippen LogP) is 2.47. The summed E-state index contributed by atoms with van der Waals surface area (Å²) < 4.78 is 0. The zero-order valence-corrected chi connectivity index (χ0v) is 12.1. The zero-order valence-electron chi connectivity index (χ0n) is 12.1. The normalized spacial score (nSPS) is 14.0. The zero-order chi connectivity index (χ0) is 14.8. The maximum absolute atomic E-state index is 11.7. The highest BCUT2D eigenvalue weighted by Crippen LogP contribution is 2.31. The lowest BCUT2D eigenvalue weighted by atomic mass is 9.87. The van der Waals surface area contributed by atoms with Crippen molar-refractivity contribution in [3.63, 3.8) is 0 Å². The third kappa shape index (κ3) is 2.78. The van der Waals surface area contributed by atoms with Crippen LogP contribution in [0.2, 0.25) is 0 Å². The van der Waals surface area contributed by atoms with Gasteiger partial charge in [-0.25, -0.2) is 4.79 Å². The average Bonchev–Trinajstić information content (AvgIpc) is 2.27. The lowest BCUT2D eigenvalue weighted by molar-refractivity contribution is -0.156. The maximum atomic E-state index is 11.7. The average molecular weight is 263 g/mol. The van der Waals surface area contributed by atoms with E-state index in [4.69, 9.17) is 0 Å². The van der Waals surface area contributed by atoms with Crippen molar-refractivity contribution in [2.24, 2.45) is 0 Å². The van der Waals surface area contributed by atoms with Crippen LogP contribution in [-0.4, -0.2) is 28.4 Å². The molecule has 0 saturated carbocycles. The molecule has 0 bridgehead atoms. The van der Waals surface area contributed by atoms with Gasteiger partial charge in [0.1, 0.15) is 0 Å². The van der Waals surface area contributed by atoms with Gasteiger partial charge in [0, 0.05) is 6.04 Å². The minimum Gasteiger partial charge on any atom is -0.479 e. The number of hydrogen-bond acceptors (Lipinski definition) is 2. The summed E-state index contributed by atoms with van der Waals surface area (Å²) in [5.41, 5.74) is 1.24. The van der Waals surface area contributed by atoms with Crippen molar-refractivity contribution < 1.29 is 14.7 Å². The molecule has 0 aromatic heterocycles. The number of aliphatic carboxylic acids is 1. The summed E-state index contributed by atoms with van der Waals surface area (Å²) in [7, 11) is 0. The first kappa shape index (κ1) is 15.2. The molecule has 4 heteroatoms. The van der Waals surface area contributed by atoms with Crippen LogP contribution in [-0.2, 0) is 15.1 Å². The Morgan fingerprint density at radius 2 is 1.74 bits per heavy atom. The number of carboxylic acids is 1. The molecule has 4 nitrogen and oxygen atoms in total. The largest absolute Gasteiger partial charge is 0.479 e. The summed E-state index contributed by atoms with van der Waals surface area (Å²) in [6.07, 6.45) is 0.608. The van der Waals surface area contributed by atoms with Crippen molar-refractivity contribution in [1.29, 1.82) is 0 Å². The van der Waals surface area contributed by atoms with Gasteiger partial charge in [0.05, 0.1) is 0 Å². The first-order valence-electron chi connectivity index (χ1n) is 6.29. The smallest absolute Gasteiger partial charge is 0.334 e. The van der Waals surface area contributed by atoms with Crippen molar-refractivity contribution in [3.05, 3.63) is 34.9 Å². The molecule has 1 amide bonds. The van der Waals surface area contributed by atoms with Crippen LogP contribution < -0.4 is 0 Å². The Labute approximate surface area is 114 Å². The molecule has 19 heavy (non-hydrogen) atoms. The fourth-order valence-electron chi connectivity index (χ4n) is 2.38. The van der Waals surface area contributed by atoms with Crippen molar-refractivity contribution in [3.8, 4) is 0 Å². The van der Waals surface area contributed by atoms with Crippen LogP contribution in [0.25, 0.3) is 0 Å². The van der Waals surface area contributed by atoms with Crippen LogP contribution in [0.3, 0.4) is 0 Å². The number of carbonyl (C=O) groups excluding carboxylic acids is 1. The molecule has 0 aliphatic rings. The SMILES string of the molecule is Cc1cc(C)cc(C(C)(C(=O)O)N(C=O)C(C)C)c1. The number of carbonyl (C=O) groups is 2. The van der Waals surface area contributed by atoms with Gasteiger partial charge in [0.2, 0.25) is 6.41 Å². The Morgan fingerprint density at radius 1 is 1.26 bits per heavy atom. The second-order valence-corrected chi connectivity index (χ2v) is 5.36. The molecule has 1 atom stereocenters. The van der Waals surface area contributed by atoms with Gasteiger partial charge >= 0.3 is 5.97 Å². The van der Waals surface area contributed by atoms with Crippen molar-refractivity contribution in [2.75, 3.05) is 0 Å². The number of amides is 1. The summed E-state index contributed by atoms with van der Waals surface area (Å²) in [6.45, 7) is 9.01. The Kier molecular flexibility index (Phi) is 4.35. The second-order valence-electron chi connectivity index (χ2n) is 5.36. The Morgan fingerprint density at radius 3 is 2.05 bits per heavy atom. The van der Waals surface area contributed by atoms with E-state index < -0.39 is 11.5 Å². The highest BCUT2D eigenvalue weighted by Gasteiger charge is 2.42. The maximum Gasteiger partial charge on any atom is 0.334 e. The number of benzene rings is 1. The molecular formula is C15H21NO3. The summed E-state index contributed by atoms with van der Waals surface area (Å²) in [4.78, 5) is 24.4. The van der Waals surface area contributed by atoms with Crippen LogP contribution in [0.4, 0.5) is 0 Å². The highest BCUT2D eigenvalue weighted by molar-refractivity contribution is 5.83. The van der Waals surface area contributed by atoms with Crippen LogP contribution in [0, 0.1) is 13.8 Å². The minimum atomic E-state index is -1.35. The van der Waals surface area contributed by atoms with Crippen LogP contribution in [0.15, 0.2) is 18.2 Å². The molecule has 0 aliphatic carbocycles. The van der Waals surface area contributed by atoms with Crippen LogP contribution in [0.1, 0.15) is 37.5 Å². The Balaban J connectivity index is 3.49. The molecule has 0 saturated heterocycles. The molecule has 0 spiro atoms. The van der Waals surface area contributed by atoms with Gasteiger partial charge in [0.25, 0.3) is 0 Å². The second kappa shape index (κ2) is 5.43. The molecule has 0 heterocycles. The first-order valence-corrected chi connectivity index (χ1v) is 6.29. The molecule has 1 N–H and O–H groups in total. The summed E-state index contributed by atoms with van der Waals surface area (Å²) in [5.74, 6) is -1.03. The molecule has 1 rings (SSSR count). The number of aryl methyl sites for hydroxylation is 2. The van der Waals surface area contributed by atoms with Crippen LogP contribution in [0.5, 0.6) is 0 Å². The molecule has 1 unspecified atom stereocenters. The first-order chi connectivity index (χ1) is 8.73. The molecule has 1 aromatic carbocycles. The third-order valence-electron chi connectivity index (χ3n) is 3.39. The van der Waals surface area contributed by atoms with E-state index in [0.717, 1.165) is 11.1 Å². The molecule has 0 aliphatic heterocycles. The van der Waals surface area contributed by atoms with E-state index in [0.29, 0.717) is 12.0 Å². The van der Waals surface area contributed by atoms with E-state index in [1.54, 1.807) is 20.8 Å². The number of nitrogens with zero attached hydrogens (tertiary/aromatic N) is 1. The number of hydrogen-bond donors (Lipinski definition) is 1. The van der Waals surface area contributed by atoms with Crippen molar-refractivity contribution in [2.45, 2.75) is 46.2 Å². The standard InChI is InChI=1S/C15H21NO3/c1-10(2)16(9-17)15(5,14(18)19)13-7-11(3)6-12(4)8-13/h6-10H,1-5H3,(H,18,19). The van der Waals surface area contributed by atoms with Gasteiger partial charge in [-0.1, -0.05) is 29.3 Å². The van der Waals surface area contributed by atoms with E-state index in [1.165, 1.54) is 4.90 Å². The van der Waals surface area contributed by atoms with E-state index >= 15 is 0 Å². The van der Waals surface area contributed by atoms with E-state index in [9.17, 15) is 14.7 Å². The van der Waals surface area contributed by atoms with Gasteiger partial charge in [-0.2, -0.15) is 0 Å². The predicted molar refractivity (Wildman–Crippen MR) is 73.9 cm³/mol. The lowest BCUT2D eigenvalue weighted by Gasteiger charge is -2.38. The molecular weight excluding hydrogens is 242 g/mol. The molecule has 0 fully saturated rings. The molecule has 0 radical (unpaired) electrons. The molecule has 1 aromatic rings. The quantitative estimate of drug-likeness (QED) is 0.830. The fraction of sp³-hybridized carbons (Fsp3) is 0.467. The number of carboxylic acid groups (broad SMARTS) is 1. The lowest BCUT2D eigenvalue weighted by Crippen LogP contribution is -2.52. The Bertz CT molecular complexity index is 476. The number of rotatable bonds is 5. The van der Waals surface area contributed by atoms with E-state index in [1.807, 2.05) is 32.0 Å². The van der Waals surface area contributed by atoms with Gasteiger partial charge in [-0.05, 0) is 40.2 Å². The van der Waals surface area contributed by atoms with Crippen LogP contribution >= 0.6 is 0 Å². The summed E-state index contributed by atoms with van der Waals surface area (Å²) >= 11 is 0. The monoisotopic (exact) mass is 263 g/mol. The van der Waals surface area contributed by atoms with E-state index in [-0.39, 0.29) is 6.04 Å². The third-order valence-corrected chi connectivity index (χ3v) is 3.39.